The molecular weight excluding hydrogens is 392 g/mol. The summed E-state index contributed by atoms with van der Waals surface area (Å²) in [6, 6.07) is 34.2. The molecule has 0 amide bonds. The van der Waals surface area contributed by atoms with Gasteiger partial charge in [0.05, 0.1) is 5.70 Å². The van der Waals surface area contributed by atoms with Crippen molar-refractivity contribution >= 4 is 39.2 Å². The number of rotatable bonds is 4. The van der Waals surface area contributed by atoms with E-state index in [1.54, 1.807) is 0 Å². The monoisotopic (exact) mass is 414 g/mol. The highest BCUT2D eigenvalue weighted by molar-refractivity contribution is 6.21. The SMILES string of the molecule is C=C(N=C(N=C(C)c1ccccc1)c1cccc2oc3ccccc3c12)c1ccccc1. The average Bonchev–Trinajstić information content (AvgIpc) is 3.23. The van der Waals surface area contributed by atoms with Gasteiger partial charge in [-0.05, 0) is 30.2 Å². The number of hydrogen-bond acceptors (Lipinski definition) is 2. The van der Waals surface area contributed by atoms with Gasteiger partial charge < -0.3 is 4.42 Å². The molecule has 0 radical (unpaired) electrons. The van der Waals surface area contributed by atoms with Gasteiger partial charge in [0.15, 0.2) is 5.84 Å². The summed E-state index contributed by atoms with van der Waals surface area (Å²) in [6.45, 7) is 6.22. The minimum Gasteiger partial charge on any atom is -0.456 e. The fourth-order valence-electron chi connectivity index (χ4n) is 3.83. The van der Waals surface area contributed by atoms with Crippen LogP contribution in [0.15, 0.2) is 124 Å². The number of para-hydroxylation sites is 1. The Bertz CT molecular complexity index is 1480. The minimum atomic E-state index is 0.609. The fourth-order valence-corrected chi connectivity index (χ4v) is 3.83. The van der Waals surface area contributed by atoms with Crippen molar-refractivity contribution in [1.29, 1.82) is 0 Å². The molecule has 0 saturated heterocycles. The molecule has 0 aliphatic rings. The zero-order valence-corrected chi connectivity index (χ0v) is 17.8. The molecule has 0 spiro atoms. The molecule has 0 saturated carbocycles. The van der Waals surface area contributed by atoms with Crippen LogP contribution in [0.25, 0.3) is 27.6 Å². The van der Waals surface area contributed by atoms with Crippen molar-refractivity contribution in [2.45, 2.75) is 6.92 Å². The Kier molecular flexibility index (Phi) is 5.22. The molecule has 0 aliphatic heterocycles. The summed E-state index contributed by atoms with van der Waals surface area (Å²) in [5, 5.41) is 2.05. The van der Waals surface area contributed by atoms with E-state index in [0.29, 0.717) is 11.5 Å². The van der Waals surface area contributed by atoms with Gasteiger partial charge in [0.2, 0.25) is 0 Å². The predicted molar refractivity (Wildman–Crippen MR) is 134 cm³/mol. The summed E-state index contributed by atoms with van der Waals surface area (Å²) in [5.41, 5.74) is 6.13. The van der Waals surface area contributed by atoms with Crippen LogP contribution in [-0.4, -0.2) is 11.5 Å². The second-order valence-electron chi connectivity index (χ2n) is 7.59. The van der Waals surface area contributed by atoms with Crippen LogP contribution < -0.4 is 0 Å². The second-order valence-corrected chi connectivity index (χ2v) is 7.59. The van der Waals surface area contributed by atoms with Crippen LogP contribution in [0.2, 0.25) is 0 Å². The number of aliphatic imine (C=N–C) groups is 2. The van der Waals surface area contributed by atoms with E-state index in [4.69, 9.17) is 14.4 Å². The van der Waals surface area contributed by atoms with Gasteiger partial charge >= 0.3 is 0 Å². The number of hydrogen-bond donors (Lipinski definition) is 0. The van der Waals surface area contributed by atoms with Crippen molar-refractivity contribution in [3.05, 3.63) is 126 Å². The van der Waals surface area contributed by atoms with E-state index in [2.05, 4.69) is 24.8 Å². The molecule has 5 rings (SSSR count). The maximum absolute atomic E-state index is 6.10. The first kappa shape index (κ1) is 19.7. The minimum absolute atomic E-state index is 0.609. The standard InChI is InChI=1S/C29H22N2O/c1-20(22-12-5-3-6-13-22)30-29(31-21(2)23-14-7-4-8-15-23)25-17-11-19-27-28(25)24-16-9-10-18-26(24)32-27/h3-19H,1H2,2H3. The summed E-state index contributed by atoms with van der Waals surface area (Å²) >= 11 is 0. The maximum atomic E-state index is 6.10. The highest BCUT2D eigenvalue weighted by Gasteiger charge is 2.15. The Labute approximate surface area is 187 Å². The van der Waals surface area contributed by atoms with Gasteiger partial charge in [-0.2, -0.15) is 0 Å². The normalized spacial score (nSPS) is 12.4. The van der Waals surface area contributed by atoms with Crippen molar-refractivity contribution in [2.75, 3.05) is 0 Å². The zero-order chi connectivity index (χ0) is 21.9. The first-order valence-corrected chi connectivity index (χ1v) is 10.5. The van der Waals surface area contributed by atoms with Crippen LogP contribution in [0.4, 0.5) is 0 Å². The van der Waals surface area contributed by atoms with Crippen molar-refractivity contribution in [1.82, 2.24) is 0 Å². The third-order valence-corrected chi connectivity index (χ3v) is 5.46. The van der Waals surface area contributed by atoms with Gasteiger partial charge in [-0.1, -0.05) is 97.6 Å². The van der Waals surface area contributed by atoms with E-state index in [1.165, 1.54) is 0 Å². The number of amidine groups is 1. The fraction of sp³-hybridized carbons (Fsp3) is 0.0345. The van der Waals surface area contributed by atoms with Crippen LogP contribution in [0.5, 0.6) is 0 Å². The van der Waals surface area contributed by atoms with Crippen molar-refractivity contribution in [3.63, 3.8) is 0 Å². The number of furan rings is 1. The summed E-state index contributed by atoms with van der Waals surface area (Å²) in [5.74, 6) is 0.609. The summed E-state index contributed by atoms with van der Waals surface area (Å²) < 4.78 is 6.10. The van der Waals surface area contributed by atoms with Crippen LogP contribution in [-0.2, 0) is 0 Å². The van der Waals surface area contributed by atoms with Crippen LogP contribution in [0.3, 0.4) is 0 Å². The van der Waals surface area contributed by atoms with Crippen molar-refractivity contribution < 1.29 is 4.42 Å². The van der Waals surface area contributed by atoms with E-state index in [1.807, 2.05) is 91.9 Å². The molecule has 3 heteroatoms. The summed E-state index contributed by atoms with van der Waals surface area (Å²) in [6.07, 6.45) is 0. The van der Waals surface area contributed by atoms with E-state index in [0.717, 1.165) is 44.3 Å². The van der Waals surface area contributed by atoms with E-state index in [9.17, 15) is 0 Å². The molecule has 0 bridgehead atoms. The molecule has 1 aromatic heterocycles. The molecule has 0 fully saturated rings. The Morgan fingerprint density at radius 1 is 0.656 bits per heavy atom. The van der Waals surface area contributed by atoms with Gasteiger partial charge in [0, 0.05) is 22.0 Å². The van der Waals surface area contributed by atoms with Crippen LogP contribution in [0.1, 0.15) is 23.6 Å². The van der Waals surface area contributed by atoms with Gasteiger partial charge in [-0.25, -0.2) is 9.98 Å². The van der Waals surface area contributed by atoms with Gasteiger partial charge in [-0.15, -0.1) is 0 Å². The first-order valence-electron chi connectivity index (χ1n) is 10.5. The van der Waals surface area contributed by atoms with E-state index >= 15 is 0 Å². The Morgan fingerprint density at radius 3 is 2.03 bits per heavy atom. The van der Waals surface area contributed by atoms with Crippen LogP contribution >= 0.6 is 0 Å². The molecule has 4 aromatic carbocycles. The number of benzene rings is 4. The third kappa shape index (κ3) is 3.77. The van der Waals surface area contributed by atoms with E-state index < -0.39 is 0 Å². The van der Waals surface area contributed by atoms with Crippen molar-refractivity contribution in [3.8, 4) is 0 Å². The molecule has 32 heavy (non-hydrogen) atoms. The zero-order valence-electron chi connectivity index (χ0n) is 17.8. The Hall–Kier alpha value is -4.24. The molecular formula is C29H22N2O. The molecule has 154 valence electrons. The lowest BCUT2D eigenvalue weighted by atomic mass is 10.0. The lowest BCUT2D eigenvalue weighted by Gasteiger charge is -2.08. The van der Waals surface area contributed by atoms with Crippen molar-refractivity contribution in [2.24, 2.45) is 9.98 Å². The quantitative estimate of drug-likeness (QED) is 0.221. The molecule has 0 aliphatic carbocycles. The average molecular weight is 415 g/mol. The highest BCUT2D eigenvalue weighted by atomic mass is 16.3. The summed E-state index contributed by atoms with van der Waals surface area (Å²) in [7, 11) is 0. The van der Waals surface area contributed by atoms with Gasteiger partial charge in [0.25, 0.3) is 0 Å². The first-order chi connectivity index (χ1) is 15.7. The topological polar surface area (TPSA) is 37.9 Å². The molecule has 3 nitrogen and oxygen atoms in total. The molecule has 0 atom stereocenters. The highest BCUT2D eigenvalue weighted by Crippen LogP contribution is 2.32. The second kappa shape index (κ2) is 8.48. The van der Waals surface area contributed by atoms with Crippen LogP contribution in [0, 0.1) is 0 Å². The van der Waals surface area contributed by atoms with Gasteiger partial charge in [-0.3, -0.25) is 0 Å². The Balaban J connectivity index is 1.74. The molecule has 1 heterocycles. The lowest BCUT2D eigenvalue weighted by molar-refractivity contribution is 0.669. The summed E-state index contributed by atoms with van der Waals surface area (Å²) in [4.78, 5) is 9.90. The third-order valence-electron chi connectivity index (χ3n) is 5.46. The van der Waals surface area contributed by atoms with Gasteiger partial charge in [0.1, 0.15) is 11.2 Å². The van der Waals surface area contributed by atoms with E-state index in [-0.39, 0.29) is 0 Å². The predicted octanol–water partition coefficient (Wildman–Crippen LogP) is 7.51. The lowest BCUT2D eigenvalue weighted by Crippen LogP contribution is -2.04. The molecule has 5 aromatic rings. The number of fused-ring (bicyclic) bond motifs is 3. The largest absolute Gasteiger partial charge is 0.456 e. The molecule has 0 unspecified atom stereocenters. The Morgan fingerprint density at radius 2 is 1.28 bits per heavy atom. The maximum Gasteiger partial charge on any atom is 0.160 e. The smallest absolute Gasteiger partial charge is 0.160 e. The number of nitrogens with zero attached hydrogens (tertiary/aromatic N) is 2. The molecule has 0 N–H and O–H groups in total.